The van der Waals surface area contributed by atoms with Crippen LogP contribution >= 0.6 is 0 Å². The van der Waals surface area contributed by atoms with E-state index in [4.69, 9.17) is 5.11 Å². The minimum atomic E-state index is -0.500. The van der Waals surface area contributed by atoms with Crippen LogP contribution in [0.15, 0.2) is 0 Å². The number of hydrogen-bond acceptors (Lipinski definition) is 3. The maximum absolute atomic E-state index is 8.52. The molecular weight excluding hydrogens is 336 g/mol. The summed E-state index contributed by atoms with van der Waals surface area (Å²) in [5.74, 6) is 0. The zero-order valence-corrected chi connectivity index (χ0v) is 16.3. The number of aliphatic hydroxyl groups is 1. The van der Waals surface area contributed by atoms with Gasteiger partial charge in [0.05, 0.1) is 5.60 Å². The van der Waals surface area contributed by atoms with Crippen LogP contribution in [0.3, 0.4) is 0 Å². The minimum Gasteiger partial charge on any atom is -0.439 e. The first-order valence-corrected chi connectivity index (χ1v) is 9.52. The molecule has 2 aliphatic carbocycles. The van der Waals surface area contributed by atoms with Crippen LogP contribution in [0, 0.1) is 6.67 Å². The number of hydrogen-bond donors (Lipinski definition) is 1. The number of rotatable bonds is 2. The van der Waals surface area contributed by atoms with Crippen molar-refractivity contribution in [2.75, 3.05) is 13.1 Å². The summed E-state index contributed by atoms with van der Waals surface area (Å²) in [6.45, 7) is 10.3. The summed E-state index contributed by atoms with van der Waals surface area (Å²) in [5, 5.41) is 8.52. The fourth-order valence-electron chi connectivity index (χ4n) is 3.92. The van der Waals surface area contributed by atoms with E-state index in [0.717, 1.165) is 12.1 Å². The standard InChI is InChI=1S/C15H27N2.C4H10O.Cu/c1-3-7-14(8-4-1)16-11-12-17(13-16)15-9-5-2-6-10-15;1-4(2,3)5;/h13-15H,1-12H2;5H,1-3H3;/q-1;;+1. The first kappa shape index (κ1) is 21.4. The summed E-state index contributed by atoms with van der Waals surface area (Å²) >= 11 is 0. The van der Waals surface area contributed by atoms with E-state index in [-0.39, 0.29) is 17.1 Å². The summed E-state index contributed by atoms with van der Waals surface area (Å²) in [4.78, 5) is 5.32. The SMILES string of the molecule is CC(C)(C)O.[CH-]1N(C2CCCCC2)CCN1C1CCCCC1.[Cu+]. The van der Waals surface area contributed by atoms with Crippen molar-refractivity contribution in [3.8, 4) is 0 Å². The molecule has 1 N–H and O–H groups in total. The van der Waals surface area contributed by atoms with E-state index in [0.29, 0.717) is 0 Å². The van der Waals surface area contributed by atoms with Gasteiger partial charge in [-0.2, -0.15) is 0 Å². The summed E-state index contributed by atoms with van der Waals surface area (Å²) < 4.78 is 0. The van der Waals surface area contributed by atoms with Crippen LogP contribution in [0.5, 0.6) is 0 Å². The van der Waals surface area contributed by atoms with Crippen LogP contribution in [0.2, 0.25) is 0 Å². The molecular formula is C19H37CuN2O. The molecule has 0 aromatic heterocycles. The van der Waals surface area contributed by atoms with Gasteiger partial charge in [-0.15, -0.1) is 0 Å². The Morgan fingerprint density at radius 2 is 1.04 bits per heavy atom. The van der Waals surface area contributed by atoms with Crippen molar-refractivity contribution in [1.29, 1.82) is 0 Å². The zero-order chi connectivity index (χ0) is 16.0. The Labute approximate surface area is 154 Å². The average molecular weight is 373 g/mol. The van der Waals surface area contributed by atoms with Crippen LogP contribution in [0.1, 0.15) is 85.0 Å². The molecule has 1 aliphatic heterocycles. The quantitative estimate of drug-likeness (QED) is 0.582. The third kappa shape index (κ3) is 8.36. The monoisotopic (exact) mass is 372 g/mol. The van der Waals surface area contributed by atoms with E-state index in [1.807, 2.05) is 0 Å². The molecule has 0 unspecified atom stereocenters. The van der Waals surface area contributed by atoms with Gasteiger partial charge in [0.2, 0.25) is 0 Å². The van der Waals surface area contributed by atoms with Crippen LogP contribution in [-0.4, -0.2) is 45.7 Å². The van der Waals surface area contributed by atoms with E-state index in [1.54, 1.807) is 20.8 Å². The van der Waals surface area contributed by atoms with Crippen LogP contribution < -0.4 is 0 Å². The van der Waals surface area contributed by atoms with Crippen molar-refractivity contribution >= 4 is 0 Å². The van der Waals surface area contributed by atoms with Gasteiger partial charge in [-0.3, -0.25) is 0 Å². The molecule has 3 fully saturated rings. The molecule has 1 heterocycles. The maximum Gasteiger partial charge on any atom is 1.00 e. The molecule has 23 heavy (non-hydrogen) atoms. The molecule has 3 aliphatic rings. The summed E-state index contributed by atoms with van der Waals surface area (Å²) in [6, 6.07) is 1.75. The van der Waals surface area contributed by atoms with Gasteiger partial charge in [0.1, 0.15) is 0 Å². The topological polar surface area (TPSA) is 26.7 Å². The molecule has 0 atom stereocenters. The molecule has 2 saturated carbocycles. The van der Waals surface area contributed by atoms with Crippen molar-refractivity contribution in [3.05, 3.63) is 6.67 Å². The van der Waals surface area contributed by atoms with Crippen molar-refractivity contribution in [2.24, 2.45) is 0 Å². The molecule has 0 radical (unpaired) electrons. The fourth-order valence-corrected chi connectivity index (χ4v) is 3.92. The van der Waals surface area contributed by atoms with E-state index in [9.17, 15) is 0 Å². The van der Waals surface area contributed by atoms with Gasteiger partial charge in [0, 0.05) is 0 Å². The van der Waals surface area contributed by atoms with E-state index in [1.165, 1.54) is 77.3 Å². The van der Waals surface area contributed by atoms with Gasteiger partial charge >= 0.3 is 17.1 Å². The summed E-state index contributed by atoms with van der Waals surface area (Å²) in [6.07, 6.45) is 14.5. The molecule has 3 rings (SSSR count). The van der Waals surface area contributed by atoms with Gasteiger partial charge in [-0.05, 0) is 71.6 Å². The van der Waals surface area contributed by atoms with E-state index < -0.39 is 5.60 Å². The zero-order valence-electron chi connectivity index (χ0n) is 15.4. The number of nitrogens with zero attached hydrogens (tertiary/aromatic N) is 2. The average Bonchev–Trinajstić information content (AvgIpc) is 2.97. The summed E-state index contributed by atoms with van der Waals surface area (Å²) in [5.41, 5.74) is -0.500. The Hall–Kier alpha value is 0.399. The first-order chi connectivity index (χ1) is 10.4. The molecule has 0 aromatic rings. The molecule has 140 valence electrons. The molecule has 0 bridgehead atoms. The smallest absolute Gasteiger partial charge is 0.439 e. The normalized spacial score (nSPS) is 25.6. The Morgan fingerprint density at radius 1 is 0.739 bits per heavy atom. The molecule has 0 amide bonds. The molecule has 4 heteroatoms. The van der Waals surface area contributed by atoms with E-state index in [2.05, 4.69) is 16.5 Å². The second-order valence-electron chi connectivity index (χ2n) is 8.35. The van der Waals surface area contributed by atoms with Gasteiger partial charge in [0.25, 0.3) is 0 Å². The summed E-state index contributed by atoms with van der Waals surface area (Å²) in [7, 11) is 0. The van der Waals surface area contributed by atoms with Crippen molar-refractivity contribution < 1.29 is 22.2 Å². The molecule has 0 spiro atoms. The molecule has 0 aromatic carbocycles. The maximum atomic E-state index is 8.52. The second-order valence-corrected chi connectivity index (χ2v) is 8.35. The third-order valence-corrected chi connectivity index (χ3v) is 5.00. The second kappa shape index (κ2) is 10.4. The van der Waals surface area contributed by atoms with Crippen LogP contribution in [0.4, 0.5) is 0 Å². The Bertz CT molecular complexity index is 277. The van der Waals surface area contributed by atoms with Crippen molar-refractivity contribution in [3.63, 3.8) is 0 Å². The van der Waals surface area contributed by atoms with Gasteiger partial charge < -0.3 is 14.9 Å². The van der Waals surface area contributed by atoms with Gasteiger partial charge in [-0.25, -0.2) is 6.67 Å². The minimum absolute atomic E-state index is 0. The van der Waals surface area contributed by atoms with Crippen LogP contribution in [-0.2, 0) is 17.1 Å². The van der Waals surface area contributed by atoms with Crippen molar-refractivity contribution in [1.82, 2.24) is 9.80 Å². The van der Waals surface area contributed by atoms with Gasteiger partial charge in [0.15, 0.2) is 0 Å². The van der Waals surface area contributed by atoms with Crippen LogP contribution in [0.25, 0.3) is 0 Å². The molecule has 3 nitrogen and oxygen atoms in total. The Morgan fingerprint density at radius 3 is 1.35 bits per heavy atom. The van der Waals surface area contributed by atoms with E-state index >= 15 is 0 Å². The molecule has 1 saturated heterocycles. The predicted molar refractivity (Wildman–Crippen MR) is 93.4 cm³/mol. The Balaban J connectivity index is 0.000000390. The van der Waals surface area contributed by atoms with Crippen molar-refractivity contribution in [2.45, 2.75) is 103 Å². The fraction of sp³-hybridized carbons (Fsp3) is 0.947. The predicted octanol–water partition coefficient (Wildman–Crippen LogP) is 4.16. The Kier molecular flexibility index (Phi) is 9.70. The van der Waals surface area contributed by atoms with Gasteiger partial charge in [-0.1, -0.05) is 38.5 Å². The largest absolute Gasteiger partial charge is 1.00 e. The first-order valence-electron chi connectivity index (χ1n) is 9.52. The third-order valence-electron chi connectivity index (χ3n) is 5.00.